The van der Waals surface area contributed by atoms with Crippen molar-refractivity contribution in [3.63, 3.8) is 0 Å². The van der Waals surface area contributed by atoms with E-state index in [9.17, 15) is 8.63 Å². The normalized spacial score (nSPS) is 18.3. The largest absolute Gasteiger partial charge is 0.737 e. The molecule has 0 saturated carbocycles. The van der Waals surface area contributed by atoms with E-state index in [1.54, 1.807) is 24.3 Å². The molecule has 2 aliphatic rings. The summed E-state index contributed by atoms with van der Waals surface area (Å²) < 4.78 is 33.2. The van der Waals surface area contributed by atoms with Crippen molar-refractivity contribution in [2.75, 3.05) is 0 Å². The summed E-state index contributed by atoms with van der Waals surface area (Å²) in [7, 11) is 0. The highest BCUT2D eigenvalue weighted by atomic mass is 79.9. The van der Waals surface area contributed by atoms with E-state index < -0.39 is 6.97 Å². The van der Waals surface area contributed by atoms with E-state index in [2.05, 4.69) is 31.9 Å². The van der Waals surface area contributed by atoms with Crippen molar-refractivity contribution in [3.8, 4) is 0 Å². The summed E-state index contributed by atoms with van der Waals surface area (Å²) >= 11 is 6.92. The van der Waals surface area contributed by atoms with E-state index in [1.807, 2.05) is 18.2 Å². The lowest BCUT2D eigenvalue weighted by Crippen LogP contribution is -2.49. The minimum absolute atomic E-state index is 0.529. The highest BCUT2D eigenvalue weighted by Gasteiger charge is 2.51. The van der Waals surface area contributed by atoms with Crippen LogP contribution in [0.25, 0.3) is 5.57 Å². The van der Waals surface area contributed by atoms with Crippen LogP contribution in [-0.2, 0) is 0 Å². The van der Waals surface area contributed by atoms with Crippen LogP contribution in [0.4, 0.5) is 8.63 Å². The third-order valence-corrected chi connectivity index (χ3v) is 4.81. The van der Waals surface area contributed by atoms with E-state index in [4.69, 9.17) is 0 Å². The molecule has 110 valence electrons. The Bertz CT molecular complexity index is 876. The van der Waals surface area contributed by atoms with Crippen LogP contribution in [0.1, 0.15) is 11.3 Å². The van der Waals surface area contributed by atoms with Crippen LogP contribution in [0.5, 0.6) is 0 Å². The number of nitrogens with zero attached hydrogens (tertiary/aromatic N) is 2. The molecule has 22 heavy (non-hydrogen) atoms. The first-order valence-electron chi connectivity index (χ1n) is 6.69. The maximum absolute atomic E-state index is 14.7. The van der Waals surface area contributed by atoms with Crippen molar-refractivity contribution in [1.29, 1.82) is 0 Å². The maximum Gasteiger partial charge on any atom is 0.737 e. The summed E-state index contributed by atoms with van der Waals surface area (Å²) in [5.74, 6) is 0. The summed E-state index contributed by atoms with van der Waals surface area (Å²) in [6, 6.07) is 9.18. The molecular formula is C15H9BBr2F2N2. The van der Waals surface area contributed by atoms with Gasteiger partial charge in [0.25, 0.3) is 0 Å². The molecule has 0 aliphatic carbocycles. The van der Waals surface area contributed by atoms with E-state index in [0.29, 0.717) is 11.4 Å². The first-order chi connectivity index (χ1) is 10.5. The molecule has 0 amide bonds. The van der Waals surface area contributed by atoms with Crippen molar-refractivity contribution in [3.05, 3.63) is 74.6 Å². The summed E-state index contributed by atoms with van der Waals surface area (Å²) in [4.78, 5) is 0. The van der Waals surface area contributed by atoms with Crippen LogP contribution in [0, 0.1) is 0 Å². The molecule has 3 heterocycles. The van der Waals surface area contributed by atoms with E-state index in [1.165, 1.54) is 12.4 Å². The maximum atomic E-state index is 14.7. The minimum Gasteiger partial charge on any atom is -0.396 e. The van der Waals surface area contributed by atoms with Gasteiger partial charge in [-0.25, -0.2) is 0 Å². The fourth-order valence-electron chi connectivity index (χ4n) is 3.01. The molecule has 1 aromatic carbocycles. The molecule has 0 spiro atoms. The van der Waals surface area contributed by atoms with Gasteiger partial charge in [0.1, 0.15) is 6.21 Å². The van der Waals surface area contributed by atoms with Crippen molar-refractivity contribution < 1.29 is 13.1 Å². The number of halogens is 4. The molecular weight excluding hydrogens is 417 g/mol. The Morgan fingerprint density at radius 2 is 1.82 bits per heavy atom. The third kappa shape index (κ3) is 1.92. The quantitative estimate of drug-likeness (QED) is 0.587. The van der Waals surface area contributed by atoms with Crippen molar-refractivity contribution in [2.24, 2.45) is 0 Å². The number of allylic oxidation sites excluding steroid dienone is 2. The van der Waals surface area contributed by atoms with Crippen LogP contribution in [0.3, 0.4) is 0 Å². The molecule has 0 fully saturated rings. The Balaban J connectivity index is 2.06. The number of benzene rings is 1. The zero-order chi connectivity index (χ0) is 15.5. The Morgan fingerprint density at radius 3 is 2.55 bits per heavy atom. The van der Waals surface area contributed by atoms with Gasteiger partial charge >= 0.3 is 6.97 Å². The van der Waals surface area contributed by atoms with Crippen molar-refractivity contribution in [1.82, 2.24) is 4.48 Å². The number of hydrogen-bond donors (Lipinski definition) is 0. The lowest BCUT2D eigenvalue weighted by Gasteiger charge is -2.31. The second-order valence-corrected chi connectivity index (χ2v) is 7.05. The Hall–Kier alpha value is -1.47. The van der Waals surface area contributed by atoms with Crippen molar-refractivity contribution in [2.45, 2.75) is 0 Å². The lowest BCUT2D eigenvalue weighted by atomic mass is 9.86. The number of hydrogen-bond acceptors (Lipinski definition) is 0. The van der Waals surface area contributed by atoms with Crippen LogP contribution >= 0.6 is 31.9 Å². The predicted octanol–water partition coefficient (Wildman–Crippen LogP) is 4.66. The molecule has 0 radical (unpaired) electrons. The molecule has 2 aliphatic heterocycles. The Kier molecular flexibility index (Phi) is 3.06. The third-order valence-electron chi connectivity index (χ3n) is 3.89. The second-order valence-electron chi connectivity index (χ2n) is 5.22. The van der Waals surface area contributed by atoms with Crippen LogP contribution in [0.15, 0.2) is 63.3 Å². The second kappa shape index (κ2) is 4.76. The molecule has 0 unspecified atom stereocenters. The topological polar surface area (TPSA) is 7.94 Å². The smallest absolute Gasteiger partial charge is 0.396 e. The molecule has 1 aromatic heterocycles. The van der Waals surface area contributed by atoms with Gasteiger partial charge in [-0.2, -0.15) is 0 Å². The first-order valence-corrected chi connectivity index (χ1v) is 8.27. The average molecular weight is 426 g/mol. The van der Waals surface area contributed by atoms with Gasteiger partial charge < -0.3 is 17.6 Å². The van der Waals surface area contributed by atoms with Gasteiger partial charge in [0.15, 0.2) is 5.70 Å². The fraction of sp³-hybridized carbons (Fsp3) is 0. The number of aromatic nitrogens is 1. The lowest BCUT2D eigenvalue weighted by molar-refractivity contribution is -0.356. The molecule has 0 atom stereocenters. The zero-order valence-electron chi connectivity index (χ0n) is 11.2. The highest BCUT2D eigenvalue weighted by molar-refractivity contribution is 9.11. The predicted molar refractivity (Wildman–Crippen MR) is 91.1 cm³/mol. The molecule has 4 rings (SSSR count). The summed E-state index contributed by atoms with van der Waals surface area (Å²) in [6.07, 6.45) is 6.26. The monoisotopic (exact) mass is 424 g/mol. The fourth-order valence-corrected chi connectivity index (χ4v) is 4.31. The van der Waals surface area contributed by atoms with Gasteiger partial charge in [0.2, 0.25) is 0 Å². The van der Waals surface area contributed by atoms with Gasteiger partial charge in [0.05, 0.1) is 5.57 Å². The number of fused-ring (bicyclic) bond motifs is 2. The molecule has 2 nitrogen and oxygen atoms in total. The van der Waals surface area contributed by atoms with Gasteiger partial charge in [-0.3, -0.25) is 0 Å². The van der Waals surface area contributed by atoms with Gasteiger partial charge in [0, 0.05) is 26.8 Å². The molecule has 0 N–H and O–H groups in total. The standard InChI is InChI=1S/C15H9BBr2F2N2/c17-11-7-10(8-12(18)9-11)15-13-3-1-5-21(13)16(19,20)22-6-2-4-14(15)22/h1-9H. The van der Waals surface area contributed by atoms with Crippen LogP contribution < -0.4 is 0 Å². The van der Waals surface area contributed by atoms with E-state index in [0.717, 1.165) is 29.0 Å². The average Bonchev–Trinajstić information content (AvgIpc) is 3.06. The van der Waals surface area contributed by atoms with Gasteiger partial charge in [-0.05, 0) is 42.1 Å². The van der Waals surface area contributed by atoms with Crippen LogP contribution in [-0.4, -0.2) is 22.1 Å². The molecule has 2 aromatic rings. The summed E-state index contributed by atoms with van der Waals surface area (Å²) in [5.41, 5.74) is 2.74. The summed E-state index contributed by atoms with van der Waals surface area (Å²) in [6.45, 7) is -3.84. The zero-order valence-corrected chi connectivity index (χ0v) is 14.4. The Morgan fingerprint density at radius 1 is 1.09 bits per heavy atom. The van der Waals surface area contributed by atoms with Gasteiger partial charge in [-0.1, -0.05) is 31.9 Å². The number of rotatable bonds is 1. The Labute approximate surface area is 142 Å². The molecule has 7 heteroatoms. The van der Waals surface area contributed by atoms with E-state index >= 15 is 0 Å². The molecule has 0 bridgehead atoms. The van der Waals surface area contributed by atoms with E-state index in [-0.39, 0.29) is 0 Å². The molecule has 0 saturated heterocycles. The minimum atomic E-state index is -3.84. The summed E-state index contributed by atoms with van der Waals surface area (Å²) in [5, 5.41) is 0. The highest BCUT2D eigenvalue weighted by Crippen LogP contribution is 2.39. The van der Waals surface area contributed by atoms with Crippen LogP contribution in [0.2, 0.25) is 0 Å². The first kappa shape index (κ1) is 14.1. The van der Waals surface area contributed by atoms with Crippen molar-refractivity contribution >= 4 is 50.6 Å². The van der Waals surface area contributed by atoms with Gasteiger partial charge in [-0.15, -0.1) is 0 Å². The SMILES string of the molecule is F[B-]1(F)n2cccc2C(c2cc(Br)cc(Br)c2)=C2C=CC=[N+]21.